The Hall–Kier alpha value is -3.00. The van der Waals surface area contributed by atoms with Crippen LogP contribution in [-0.2, 0) is 30.3 Å². The summed E-state index contributed by atoms with van der Waals surface area (Å²) in [4.78, 5) is 55.2. The number of benzene rings is 1. The smallest absolute Gasteiger partial charge is 0.323 e. The highest BCUT2D eigenvalue weighted by Crippen LogP contribution is 2.38. The average molecular weight is 397 g/mol. The van der Waals surface area contributed by atoms with Crippen molar-refractivity contribution in [1.29, 1.82) is 0 Å². The number of nitrogens with zero attached hydrogens (tertiary/aromatic N) is 1. The summed E-state index contributed by atoms with van der Waals surface area (Å²) < 4.78 is 4.92. The lowest BCUT2D eigenvalue weighted by Gasteiger charge is -2.34. The number of Topliss-reactive ketones (excluding diaryl/α,β-unsaturated/α-hetero) is 1. The van der Waals surface area contributed by atoms with E-state index in [4.69, 9.17) is 4.74 Å². The Bertz CT molecular complexity index is 1030. The van der Waals surface area contributed by atoms with E-state index in [0.717, 1.165) is 21.4 Å². The number of hydrogen-bond donors (Lipinski definition) is 2. The first-order valence-electron chi connectivity index (χ1n) is 9.61. The van der Waals surface area contributed by atoms with Crippen molar-refractivity contribution in [2.75, 3.05) is 14.2 Å². The summed E-state index contributed by atoms with van der Waals surface area (Å²) in [6.45, 7) is 1.66. The van der Waals surface area contributed by atoms with E-state index in [2.05, 4.69) is 10.3 Å². The van der Waals surface area contributed by atoms with E-state index in [1.165, 1.54) is 14.2 Å². The summed E-state index contributed by atoms with van der Waals surface area (Å²) in [6.07, 6.45) is 0.367. The molecule has 0 radical (unpaired) electrons. The third-order valence-electron chi connectivity index (χ3n) is 6.01. The quantitative estimate of drug-likeness (QED) is 0.446. The number of amides is 2. The Kier molecular flexibility index (Phi) is 4.74. The molecule has 2 aromatic rings. The fraction of sp³-hybridized carbons (Fsp3) is 0.429. The molecular formula is C21H23N3O5. The number of hydrogen-bond acceptors (Lipinski definition) is 6. The number of aromatic amines is 1. The molecule has 0 saturated carbocycles. The van der Waals surface area contributed by atoms with Crippen LogP contribution in [0, 0.1) is 11.8 Å². The molecule has 1 aromatic carbocycles. The van der Waals surface area contributed by atoms with Crippen molar-refractivity contribution in [3.8, 4) is 0 Å². The second-order valence-electron chi connectivity index (χ2n) is 7.76. The molecule has 0 aliphatic carbocycles. The maximum absolute atomic E-state index is 13.1. The van der Waals surface area contributed by atoms with E-state index in [1.54, 1.807) is 6.92 Å². The van der Waals surface area contributed by atoms with Crippen LogP contribution in [0.1, 0.15) is 30.6 Å². The van der Waals surface area contributed by atoms with Crippen LogP contribution >= 0.6 is 0 Å². The van der Waals surface area contributed by atoms with Crippen LogP contribution in [0.5, 0.6) is 0 Å². The van der Waals surface area contributed by atoms with Crippen LogP contribution in [-0.4, -0.2) is 53.7 Å². The number of carbonyl (C=O) groups is 4. The molecule has 2 amide bonds. The second kappa shape index (κ2) is 7.11. The molecule has 1 fully saturated rings. The maximum atomic E-state index is 13.1. The minimum absolute atomic E-state index is 0.00964. The van der Waals surface area contributed by atoms with Crippen molar-refractivity contribution in [3.63, 3.8) is 0 Å². The summed E-state index contributed by atoms with van der Waals surface area (Å²) >= 11 is 0. The van der Waals surface area contributed by atoms with Crippen LogP contribution < -0.4 is 5.32 Å². The van der Waals surface area contributed by atoms with Gasteiger partial charge in [0.15, 0.2) is 5.78 Å². The molecule has 1 aromatic heterocycles. The number of aromatic nitrogens is 1. The summed E-state index contributed by atoms with van der Waals surface area (Å²) in [5, 5.41) is 4.09. The predicted octanol–water partition coefficient (Wildman–Crippen LogP) is 1.11. The molecule has 8 nitrogen and oxygen atoms in total. The molecule has 3 heterocycles. The normalized spacial score (nSPS) is 27.7. The van der Waals surface area contributed by atoms with Gasteiger partial charge < -0.3 is 9.72 Å². The topological polar surface area (TPSA) is 109 Å². The molecule has 2 aliphatic rings. The lowest BCUT2D eigenvalue weighted by molar-refractivity contribution is -0.149. The third kappa shape index (κ3) is 3.04. The van der Waals surface area contributed by atoms with Gasteiger partial charge in [-0.05, 0) is 11.6 Å². The first kappa shape index (κ1) is 19.3. The van der Waals surface area contributed by atoms with Crippen LogP contribution in [0.3, 0.4) is 0 Å². The maximum Gasteiger partial charge on any atom is 0.323 e. The van der Waals surface area contributed by atoms with Crippen molar-refractivity contribution < 1.29 is 23.9 Å². The number of nitrogens with one attached hydrogen (secondary N) is 2. The zero-order valence-corrected chi connectivity index (χ0v) is 16.5. The van der Waals surface area contributed by atoms with Gasteiger partial charge >= 0.3 is 5.97 Å². The molecule has 0 bridgehead atoms. The van der Waals surface area contributed by atoms with Crippen LogP contribution in [0.4, 0.5) is 0 Å². The number of ketones is 1. The standard InChI is InChI=1S/C21H23N3O5/c1-10-8-15(25)24(2)20(27)16(19(10)26)18-17-12(9-14(23-18)21(28)29-3)11-6-4-5-7-13(11)22-17/h4-7,10,14,16,18,22-23H,8-9H2,1-3H3. The van der Waals surface area contributed by atoms with Gasteiger partial charge in [-0.1, -0.05) is 25.1 Å². The van der Waals surface area contributed by atoms with Crippen molar-refractivity contribution in [2.24, 2.45) is 11.8 Å². The SMILES string of the molecule is COC(=O)C1Cc2c([nH]c3ccccc23)C(C2C(=O)C(C)CC(=O)N(C)C2=O)N1. The summed E-state index contributed by atoms with van der Waals surface area (Å²) in [5.74, 6) is -3.40. The summed E-state index contributed by atoms with van der Waals surface area (Å²) in [7, 11) is 2.70. The van der Waals surface area contributed by atoms with Gasteiger partial charge in [0.05, 0.1) is 13.2 Å². The lowest BCUT2D eigenvalue weighted by atomic mass is 9.81. The molecule has 2 aliphatic heterocycles. The van der Waals surface area contributed by atoms with Gasteiger partial charge in [-0.2, -0.15) is 0 Å². The molecule has 4 rings (SSSR count). The number of para-hydroxylation sites is 1. The zero-order valence-electron chi connectivity index (χ0n) is 16.5. The predicted molar refractivity (Wildman–Crippen MR) is 104 cm³/mol. The largest absolute Gasteiger partial charge is 0.468 e. The third-order valence-corrected chi connectivity index (χ3v) is 6.01. The molecule has 152 valence electrons. The van der Waals surface area contributed by atoms with Gasteiger partial charge in [0, 0.05) is 42.4 Å². The van der Waals surface area contributed by atoms with E-state index in [0.29, 0.717) is 12.1 Å². The first-order valence-corrected chi connectivity index (χ1v) is 9.61. The average Bonchev–Trinajstić information content (AvgIpc) is 3.08. The number of ether oxygens (including phenoxy) is 1. The molecular weight excluding hydrogens is 374 g/mol. The van der Waals surface area contributed by atoms with E-state index in [-0.39, 0.29) is 18.1 Å². The highest BCUT2D eigenvalue weighted by Gasteiger charge is 2.48. The molecule has 4 unspecified atom stereocenters. The number of rotatable bonds is 2. The molecule has 2 N–H and O–H groups in total. The van der Waals surface area contributed by atoms with Crippen molar-refractivity contribution in [2.45, 2.75) is 31.8 Å². The fourth-order valence-corrected chi connectivity index (χ4v) is 4.39. The number of fused-ring (bicyclic) bond motifs is 3. The number of esters is 1. The van der Waals surface area contributed by atoms with E-state index in [9.17, 15) is 19.2 Å². The number of likely N-dealkylation sites (tertiary alicyclic amines) is 1. The molecule has 1 saturated heterocycles. The van der Waals surface area contributed by atoms with Gasteiger partial charge in [-0.3, -0.25) is 29.4 Å². The van der Waals surface area contributed by atoms with Crippen molar-refractivity contribution in [3.05, 3.63) is 35.5 Å². The van der Waals surface area contributed by atoms with Crippen molar-refractivity contribution >= 4 is 34.5 Å². The molecule has 0 spiro atoms. The first-order chi connectivity index (χ1) is 13.8. The fourth-order valence-electron chi connectivity index (χ4n) is 4.39. The van der Waals surface area contributed by atoms with E-state index in [1.807, 2.05) is 24.3 Å². The Morgan fingerprint density at radius 2 is 1.90 bits per heavy atom. The minimum atomic E-state index is -1.11. The highest BCUT2D eigenvalue weighted by atomic mass is 16.5. The van der Waals surface area contributed by atoms with Gasteiger partial charge in [0.2, 0.25) is 11.8 Å². The number of methoxy groups -OCH3 is 1. The second-order valence-corrected chi connectivity index (χ2v) is 7.76. The summed E-state index contributed by atoms with van der Waals surface area (Å²) in [5.41, 5.74) is 2.44. The number of carbonyl (C=O) groups excluding carboxylic acids is 4. The van der Waals surface area contributed by atoms with Gasteiger partial charge in [-0.15, -0.1) is 0 Å². The van der Waals surface area contributed by atoms with Crippen molar-refractivity contribution in [1.82, 2.24) is 15.2 Å². The molecule has 4 atom stereocenters. The van der Waals surface area contributed by atoms with Gasteiger partial charge in [-0.25, -0.2) is 0 Å². The summed E-state index contributed by atoms with van der Waals surface area (Å²) in [6, 6.07) is 6.18. The molecule has 29 heavy (non-hydrogen) atoms. The number of H-pyrrole nitrogens is 1. The Morgan fingerprint density at radius 1 is 1.17 bits per heavy atom. The van der Waals surface area contributed by atoms with Crippen LogP contribution in [0.15, 0.2) is 24.3 Å². The Morgan fingerprint density at radius 3 is 2.62 bits per heavy atom. The van der Waals surface area contributed by atoms with Crippen LogP contribution in [0.2, 0.25) is 0 Å². The van der Waals surface area contributed by atoms with E-state index >= 15 is 0 Å². The number of imide groups is 1. The Labute approximate surface area is 167 Å². The minimum Gasteiger partial charge on any atom is -0.468 e. The highest BCUT2D eigenvalue weighted by molar-refractivity contribution is 6.11. The van der Waals surface area contributed by atoms with Crippen LogP contribution in [0.25, 0.3) is 10.9 Å². The zero-order chi connectivity index (χ0) is 20.9. The molecule has 8 heteroatoms. The van der Waals surface area contributed by atoms with E-state index < -0.39 is 35.8 Å². The monoisotopic (exact) mass is 397 g/mol. The lowest BCUT2D eigenvalue weighted by Crippen LogP contribution is -2.52. The van der Waals surface area contributed by atoms with Gasteiger partial charge in [0.25, 0.3) is 0 Å². The van der Waals surface area contributed by atoms with Gasteiger partial charge in [0.1, 0.15) is 12.0 Å². The Balaban J connectivity index is 1.87.